The van der Waals surface area contributed by atoms with Crippen LogP contribution in [0.15, 0.2) is 24.3 Å². The van der Waals surface area contributed by atoms with Crippen LogP contribution in [0.4, 0.5) is 11.4 Å². The predicted molar refractivity (Wildman–Crippen MR) is 75.3 cm³/mol. The summed E-state index contributed by atoms with van der Waals surface area (Å²) in [5, 5.41) is 0. The molecule has 0 amide bonds. The predicted octanol–water partition coefficient (Wildman–Crippen LogP) is 0.988. The highest BCUT2D eigenvalue weighted by molar-refractivity contribution is 7.92. The Labute approximate surface area is 113 Å². The minimum absolute atomic E-state index is 0.163. The van der Waals surface area contributed by atoms with Gasteiger partial charge in [-0.25, -0.2) is 16.8 Å². The highest BCUT2D eigenvalue weighted by atomic mass is 32.2. The lowest BCUT2D eigenvalue weighted by Gasteiger charge is -2.28. The second-order valence-corrected chi connectivity index (χ2v) is 8.28. The van der Waals surface area contributed by atoms with Gasteiger partial charge in [-0.3, -0.25) is 9.03 Å². The van der Waals surface area contributed by atoms with Gasteiger partial charge in [0.1, 0.15) is 0 Å². The summed E-state index contributed by atoms with van der Waals surface area (Å²) < 4.78 is 49.7. The third-order valence-electron chi connectivity index (χ3n) is 2.81. The van der Waals surface area contributed by atoms with E-state index in [1.54, 1.807) is 24.3 Å². The van der Waals surface area contributed by atoms with Gasteiger partial charge >= 0.3 is 0 Å². The van der Waals surface area contributed by atoms with E-state index < -0.39 is 20.0 Å². The lowest BCUT2D eigenvalue weighted by Crippen LogP contribution is -2.37. The van der Waals surface area contributed by atoms with Crippen LogP contribution in [0.1, 0.15) is 12.8 Å². The Morgan fingerprint density at radius 2 is 1.79 bits per heavy atom. The SMILES string of the molecule is CS(=O)(=O)Nc1ccc(N2CCCCS2(=O)=O)cc1. The molecule has 1 N–H and O–H groups in total. The van der Waals surface area contributed by atoms with Crippen molar-refractivity contribution in [3.8, 4) is 0 Å². The van der Waals surface area contributed by atoms with Gasteiger partial charge in [0.25, 0.3) is 0 Å². The van der Waals surface area contributed by atoms with Gasteiger partial charge < -0.3 is 0 Å². The van der Waals surface area contributed by atoms with Crippen molar-refractivity contribution >= 4 is 31.4 Å². The van der Waals surface area contributed by atoms with E-state index in [2.05, 4.69) is 4.72 Å². The molecule has 0 radical (unpaired) electrons. The summed E-state index contributed by atoms with van der Waals surface area (Å²) in [5.41, 5.74) is 0.986. The molecule has 0 spiro atoms. The first-order chi connectivity index (χ1) is 8.78. The first-order valence-corrected chi connectivity index (χ1v) is 9.36. The van der Waals surface area contributed by atoms with Gasteiger partial charge in [-0.2, -0.15) is 0 Å². The molecule has 8 heteroatoms. The molecular formula is C11H16N2O4S2. The van der Waals surface area contributed by atoms with Crippen molar-refractivity contribution in [3.63, 3.8) is 0 Å². The van der Waals surface area contributed by atoms with E-state index >= 15 is 0 Å². The smallest absolute Gasteiger partial charge is 0.235 e. The van der Waals surface area contributed by atoms with E-state index in [4.69, 9.17) is 0 Å². The Hall–Kier alpha value is -1.28. The van der Waals surface area contributed by atoms with Gasteiger partial charge in [0.15, 0.2) is 0 Å². The lowest BCUT2D eigenvalue weighted by molar-refractivity contribution is 0.574. The number of sulfonamides is 2. The van der Waals surface area contributed by atoms with Crippen LogP contribution in [0.3, 0.4) is 0 Å². The van der Waals surface area contributed by atoms with Crippen molar-refractivity contribution in [3.05, 3.63) is 24.3 Å². The topological polar surface area (TPSA) is 83.6 Å². The summed E-state index contributed by atoms with van der Waals surface area (Å²) in [6, 6.07) is 6.33. The summed E-state index contributed by atoms with van der Waals surface area (Å²) in [6.07, 6.45) is 2.59. The molecule has 1 aromatic carbocycles. The van der Waals surface area contributed by atoms with Gasteiger partial charge in [-0.05, 0) is 37.1 Å². The molecule has 106 valence electrons. The van der Waals surface area contributed by atoms with Crippen LogP contribution >= 0.6 is 0 Å². The molecule has 1 aromatic rings. The third kappa shape index (κ3) is 3.60. The van der Waals surface area contributed by atoms with E-state index in [9.17, 15) is 16.8 Å². The van der Waals surface area contributed by atoms with Crippen molar-refractivity contribution in [2.75, 3.05) is 27.6 Å². The van der Waals surface area contributed by atoms with E-state index in [1.165, 1.54) is 4.31 Å². The van der Waals surface area contributed by atoms with Crippen LogP contribution in [0.5, 0.6) is 0 Å². The second-order valence-electron chi connectivity index (χ2n) is 4.52. The van der Waals surface area contributed by atoms with Crippen LogP contribution in [-0.2, 0) is 20.0 Å². The molecule has 0 aromatic heterocycles. The number of rotatable bonds is 3. The second kappa shape index (κ2) is 5.01. The van der Waals surface area contributed by atoms with Crippen molar-refractivity contribution in [1.82, 2.24) is 0 Å². The molecule has 1 fully saturated rings. The van der Waals surface area contributed by atoms with Gasteiger partial charge in [-0.15, -0.1) is 0 Å². The highest BCUT2D eigenvalue weighted by Crippen LogP contribution is 2.25. The lowest BCUT2D eigenvalue weighted by atomic mass is 10.2. The minimum Gasteiger partial charge on any atom is -0.284 e. The fraction of sp³-hybridized carbons (Fsp3) is 0.455. The Bertz CT molecular complexity index is 650. The normalized spacial score (nSPS) is 19.1. The average Bonchev–Trinajstić information content (AvgIpc) is 2.28. The summed E-state index contributed by atoms with van der Waals surface area (Å²) in [7, 11) is -6.55. The molecule has 1 aliphatic heterocycles. The molecule has 1 saturated heterocycles. The summed E-state index contributed by atoms with van der Waals surface area (Å²) >= 11 is 0. The standard InChI is InChI=1S/C11H16N2O4S2/c1-18(14,15)12-10-4-6-11(7-5-10)13-8-2-3-9-19(13,16)17/h4-7,12H,2-3,8-9H2,1H3. The van der Waals surface area contributed by atoms with E-state index in [-0.39, 0.29) is 5.75 Å². The molecule has 0 atom stereocenters. The largest absolute Gasteiger partial charge is 0.284 e. The molecule has 0 saturated carbocycles. The maximum absolute atomic E-state index is 11.9. The Morgan fingerprint density at radius 1 is 1.16 bits per heavy atom. The first-order valence-electron chi connectivity index (χ1n) is 5.86. The zero-order valence-electron chi connectivity index (χ0n) is 10.5. The third-order valence-corrected chi connectivity index (χ3v) is 5.28. The number of hydrogen-bond donors (Lipinski definition) is 1. The zero-order valence-corrected chi connectivity index (χ0v) is 12.2. The molecular weight excluding hydrogens is 288 g/mol. The van der Waals surface area contributed by atoms with Gasteiger partial charge in [0, 0.05) is 12.2 Å². The highest BCUT2D eigenvalue weighted by Gasteiger charge is 2.25. The molecule has 0 unspecified atom stereocenters. The molecule has 2 rings (SSSR count). The molecule has 0 aliphatic carbocycles. The maximum atomic E-state index is 11.9. The van der Waals surface area contributed by atoms with Gasteiger partial charge in [0.05, 0.1) is 17.7 Å². The number of hydrogen-bond acceptors (Lipinski definition) is 4. The maximum Gasteiger partial charge on any atom is 0.235 e. The average molecular weight is 304 g/mol. The Kier molecular flexibility index (Phi) is 3.73. The van der Waals surface area contributed by atoms with E-state index in [0.717, 1.165) is 12.7 Å². The van der Waals surface area contributed by atoms with Crippen LogP contribution in [0.2, 0.25) is 0 Å². The number of nitrogens with one attached hydrogen (secondary N) is 1. The summed E-state index contributed by atoms with van der Waals surface area (Å²) in [4.78, 5) is 0. The van der Waals surface area contributed by atoms with Gasteiger partial charge in [0.2, 0.25) is 20.0 Å². The van der Waals surface area contributed by atoms with E-state index in [0.29, 0.717) is 24.3 Å². The van der Waals surface area contributed by atoms with E-state index in [1.807, 2.05) is 0 Å². The van der Waals surface area contributed by atoms with Crippen LogP contribution in [-0.4, -0.2) is 35.4 Å². The first kappa shape index (κ1) is 14.1. The van der Waals surface area contributed by atoms with Crippen LogP contribution in [0, 0.1) is 0 Å². The zero-order chi connectivity index (χ0) is 14.1. The van der Waals surface area contributed by atoms with Crippen molar-refractivity contribution in [2.45, 2.75) is 12.8 Å². The van der Waals surface area contributed by atoms with Gasteiger partial charge in [-0.1, -0.05) is 0 Å². The summed E-state index contributed by atoms with van der Waals surface area (Å²) in [5.74, 6) is 0.163. The molecule has 0 bridgehead atoms. The molecule has 19 heavy (non-hydrogen) atoms. The molecule has 1 aliphatic rings. The Morgan fingerprint density at radius 3 is 2.32 bits per heavy atom. The van der Waals surface area contributed by atoms with Crippen LogP contribution in [0.25, 0.3) is 0 Å². The molecule has 6 nitrogen and oxygen atoms in total. The number of nitrogens with zero attached hydrogens (tertiary/aromatic N) is 1. The van der Waals surface area contributed by atoms with Crippen molar-refractivity contribution in [2.24, 2.45) is 0 Å². The van der Waals surface area contributed by atoms with Crippen LogP contribution < -0.4 is 9.03 Å². The monoisotopic (exact) mass is 304 g/mol. The van der Waals surface area contributed by atoms with Crippen molar-refractivity contribution in [1.29, 1.82) is 0 Å². The van der Waals surface area contributed by atoms with Crippen molar-refractivity contribution < 1.29 is 16.8 Å². The fourth-order valence-electron chi connectivity index (χ4n) is 1.99. The minimum atomic E-state index is -3.32. The quantitative estimate of drug-likeness (QED) is 0.902. The summed E-state index contributed by atoms with van der Waals surface area (Å²) in [6.45, 7) is 0.473. The Balaban J connectivity index is 2.23. The molecule has 1 heterocycles. The fourth-order valence-corrected chi connectivity index (χ4v) is 4.19. The number of anilines is 2. The number of benzene rings is 1.